The Kier molecular flexibility index (Phi) is 8.21. The van der Waals surface area contributed by atoms with E-state index in [2.05, 4.69) is 0 Å². The minimum atomic E-state index is -0.978. The van der Waals surface area contributed by atoms with E-state index in [1.165, 1.54) is 0 Å². The summed E-state index contributed by atoms with van der Waals surface area (Å²) in [7, 11) is 0. The molecule has 0 aliphatic rings. The Morgan fingerprint density at radius 2 is 0.821 bits per heavy atom. The minimum Gasteiger partial charge on any atom is -0.481 e. The maximum atomic E-state index is 11.0. The second-order valence-electron chi connectivity index (χ2n) is 7.18. The van der Waals surface area contributed by atoms with Crippen LogP contribution in [0.5, 0.6) is 0 Å². The number of carbonyl (C=O) groups is 2. The van der Waals surface area contributed by atoms with Crippen LogP contribution in [-0.4, -0.2) is 22.2 Å². The Labute approximate surface area is 184 Å². The van der Waals surface area contributed by atoms with Gasteiger partial charge in [0, 0.05) is 20.1 Å². The Morgan fingerprint density at radius 1 is 0.607 bits per heavy atom. The van der Waals surface area contributed by atoms with Crippen molar-refractivity contribution in [3.05, 3.63) is 67.6 Å². The summed E-state index contributed by atoms with van der Waals surface area (Å²) in [4.78, 5) is 21.9. The summed E-state index contributed by atoms with van der Waals surface area (Å²) in [5.74, 6) is -1.81. The Morgan fingerprint density at radius 3 is 1.00 bits per heavy atom. The van der Waals surface area contributed by atoms with E-state index >= 15 is 0 Å². The van der Waals surface area contributed by atoms with Gasteiger partial charge in [0.05, 0.1) is 10.8 Å². The maximum absolute atomic E-state index is 11.0. The first-order valence-corrected chi connectivity index (χ1v) is 9.59. The zero-order valence-electron chi connectivity index (χ0n) is 15.7. The Bertz CT molecular complexity index is 778. The van der Waals surface area contributed by atoms with E-state index in [1.807, 2.05) is 0 Å². The largest absolute Gasteiger partial charge is 0.481 e. The summed E-state index contributed by atoms with van der Waals surface area (Å²) in [6.07, 6.45) is 0. The monoisotopic (exact) mass is 464 g/mol. The number of hydrogen-bond donors (Lipinski definition) is 2. The second-order valence-corrected chi connectivity index (χ2v) is 8.92. The van der Waals surface area contributed by atoms with Crippen molar-refractivity contribution in [2.75, 3.05) is 0 Å². The molecule has 2 aromatic carbocycles. The van der Waals surface area contributed by atoms with Crippen molar-refractivity contribution >= 4 is 58.3 Å². The first kappa shape index (κ1) is 24.6. The zero-order chi connectivity index (χ0) is 21.9. The molecule has 28 heavy (non-hydrogen) atoms. The van der Waals surface area contributed by atoms with Gasteiger partial charge in [-0.15, -0.1) is 0 Å². The highest BCUT2D eigenvalue weighted by atomic mass is 35.5. The van der Waals surface area contributed by atoms with Crippen molar-refractivity contribution < 1.29 is 19.8 Å². The summed E-state index contributed by atoms with van der Waals surface area (Å²) in [6.45, 7) is 6.43. The number of benzene rings is 2. The highest BCUT2D eigenvalue weighted by Crippen LogP contribution is 2.30. The standard InChI is InChI=1S/2C10H10Cl2O2/c2*1-10(2,9(13)14)6-3-7(11)5-8(12)4-6/h2*3-5H,1-2H3,(H,13,14). The molecular formula is C20H20Cl4O4. The van der Waals surface area contributed by atoms with Crippen LogP contribution in [0.15, 0.2) is 36.4 Å². The van der Waals surface area contributed by atoms with E-state index < -0.39 is 22.8 Å². The molecule has 0 aliphatic heterocycles. The molecule has 0 spiro atoms. The number of aliphatic carboxylic acids is 2. The van der Waals surface area contributed by atoms with Crippen LogP contribution in [0.1, 0.15) is 38.8 Å². The van der Waals surface area contributed by atoms with Gasteiger partial charge in [0.2, 0.25) is 0 Å². The second kappa shape index (κ2) is 9.36. The van der Waals surface area contributed by atoms with Crippen LogP contribution >= 0.6 is 46.4 Å². The highest BCUT2D eigenvalue weighted by Gasteiger charge is 2.30. The number of carboxylic acids is 2. The lowest BCUT2D eigenvalue weighted by Crippen LogP contribution is -2.28. The number of halogens is 4. The first-order valence-electron chi connectivity index (χ1n) is 8.08. The molecule has 0 saturated heterocycles. The van der Waals surface area contributed by atoms with Crippen molar-refractivity contribution in [3.8, 4) is 0 Å². The average molecular weight is 466 g/mol. The van der Waals surface area contributed by atoms with Gasteiger partial charge in [-0.25, -0.2) is 0 Å². The van der Waals surface area contributed by atoms with Gasteiger partial charge in [-0.05, 0) is 75.2 Å². The van der Waals surface area contributed by atoms with E-state index in [-0.39, 0.29) is 0 Å². The van der Waals surface area contributed by atoms with Crippen molar-refractivity contribution in [1.82, 2.24) is 0 Å². The van der Waals surface area contributed by atoms with Gasteiger partial charge in [-0.3, -0.25) is 9.59 Å². The molecule has 2 N–H and O–H groups in total. The third-order valence-corrected chi connectivity index (χ3v) is 5.11. The third-order valence-electron chi connectivity index (χ3n) is 4.24. The van der Waals surface area contributed by atoms with Crippen LogP contribution in [0.2, 0.25) is 20.1 Å². The van der Waals surface area contributed by atoms with Crippen molar-refractivity contribution in [2.24, 2.45) is 0 Å². The van der Waals surface area contributed by atoms with Gasteiger partial charge in [0.25, 0.3) is 0 Å². The van der Waals surface area contributed by atoms with Crippen LogP contribution < -0.4 is 0 Å². The third kappa shape index (κ3) is 6.28. The summed E-state index contributed by atoms with van der Waals surface area (Å²) in [5, 5.41) is 19.8. The molecule has 0 amide bonds. The van der Waals surface area contributed by atoms with Crippen LogP contribution in [0.3, 0.4) is 0 Å². The molecule has 0 fully saturated rings. The van der Waals surface area contributed by atoms with E-state index in [0.29, 0.717) is 31.2 Å². The topological polar surface area (TPSA) is 74.6 Å². The normalized spacial score (nSPS) is 11.4. The molecule has 152 valence electrons. The average Bonchev–Trinajstić information content (AvgIpc) is 2.53. The van der Waals surface area contributed by atoms with Gasteiger partial charge < -0.3 is 10.2 Å². The van der Waals surface area contributed by atoms with Gasteiger partial charge in [-0.1, -0.05) is 46.4 Å². The zero-order valence-corrected chi connectivity index (χ0v) is 18.7. The molecule has 8 heteroatoms. The van der Waals surface area contributed by atoms with Crippen molar-refractivity contribution in [2.45, 2.75) is 38.5 Å². The van der Waals surface area contributed by atoms with Crippen LogP contribution in [0.25, 0.3) is 0 Å². The van der Waals surface area contributed by atoms with Gasteiger partial charge in [0.15, 0.2) is 0 Å². The molecule has 4 nitrogen and oxygen atoms in total. The number of rotatable bonds is 4. The van der Waals surface area contributed by atoms with E-state index in [1.54, 1.807) is 64.1 Å². The molecule has 2 aromatic rings. The lowest BCUT2D eigenvalue weighted by atomic mass is 9.85. The number of hydrogen-bond acceptors (Lipinski definition) is 2. The van der Waals surface area contributed by atoms with Gasteiger partial charge in [0.1, 0.15) is 0 Å². The highest BCUT2D eigenvalue weighted by molar-refractivity contribution is 6.35. The Balaban J connectivity index is 0.000000280. The maximum Gasteiger partial charge on any atom is 0.313 e. The van der Waals surface area contributed by atoms with Crippen LogP contribution in [0, 0.1) is 0 Å². The molecule has 0 atom stereocenters. The van der Waals surface area contributed by atoms with Gasteiger partial charge >= 0.3 is 11.9 Å². The summed E-state index contributed by atoms with van der Waals surface area (Å²) in [6, 6.07) is 9.60. The van der Waals surface area contributed by atoms with Crippen molar-refractivity contribution in [3.63, 3.8) is 0 Å². The van der Waals surface area contributed by atoms with E-state index in [9.17, 15) is 9.59 Å². The summed E-state index contributed by atoms with van der Waals surface area (Å²) < 4.78 is 0. The molecule has 0 radical (unpaired) electrons. The molecule has 0 unspecified atom stereocenters. The van der Waals surface area contributed by atoms with Gasteiger partial charge in [-0.2, -0.15) is 0 Å². The SMILES string of the molecule is CC(C)(C(=O)O)c1cc(Cl)cc(Cl)c1.CC(C)(C(=O)O)c1cc(Cl)cc(Cl)c1. The quantitative estimate of drug-likeness (QED) is 0.525. The molecular weight excluding hydrogens is 446 g/mol. The van der Waals surface area contributed by atoms with E-state index in [4.69, 9.17) is 56.6 Å². The fourth-order valence-electron chi connectivity index (χ4n) is 2.08. The lowest BCUT2D eigenvalue weighted by Gasteiger charge is -2.20. The number of carboxylic acid groups (broad SMARTS) is 2. The summed E-state index contributed by atoms with van der Waals surface area (Å²) in [5.41, 5.74) is -0.756. The molecule has 0 saturated carbocycles. The Hall–Kier alpha value is -1.46. The predicted octanol–water partition coefficient (Wildman–Crippen LogP) is 6.71. The molecule has 0 aliphatic carbocycles. The predicted molar refractivity (Wildman–Crippen MR) is 114 cm³/mol. The fourth-order valence-corrected chi connectivity index (χ4v) is 3.13. The molecule has 0 aromatic heterocycles. The first-order chi connectivity index (χ1) is 12.7. The molecule has 0 heterocycles. The van der Waals surface area contributed by atoms with Crippen molar-refractivity contribution in [1.29, 1.82) is 0 Å². The molecule has 0 bridgehead atoms. The summed E-state index contributed by atoms with van der Waals surface area (Å²) >= 11 is 23.1. The van der Waals surface area contributed by atoms with Crippen LogP contribution in [0.4, 0.5) is 0 Å². The van der Waals surface area contributed by atoms with Crippen LogP contribution in [-0.2, 0) is 20.4 Å². The smallest absolute Gasteiger partial charge is 0.313 e. The molecule has 2 rings (SSSR count). The lowest BCUT2D eigenvalue weighted by molar-refractivity contribution is -0.143. The minimum absolute atomic E-state index is 0.446. The fraction of sp³-hybridized carbons (Fsp3) is 0.300. The van der Waals surface area contributed by atoms with E-state index in [0.717, 1.165) is 0 Å².